The van der Waals surface area contributed by atoms with Gasteiger partial charge in [-0.15, -0.1) is 0 Å². The topological polar surface area (TPSA) is 32.3 Å². The van der Waals surface area contributed by atoms with Gasteiger partial charge in [0.05, 0.1) is 6.04 Å². The van der Waals surface area contributed by atoms with E-state index in [9.17, 15) is 18.0 Å². The predicted molar refractivity (Wildman–Crippen MR) is 56.4 cm³/mol. The van der Waals surface area contributed by atoms with Crippen LogP contribution in [0.1, 0.15) is 26.2 Å². The highest BCUT2D eigenvalue weighted by Gasteiger charge is 2.44. The Morgan fingerprint density at radius 1 is 1.35 bits per heavy atom. The summed E-state index contributed by atoms with van der Waals surface area (Å²) in [7, 11) is 0. The van der Waals surface area contributed by atoms with Gasteiger partial charge in [-0.1, -0.05) is 6.92 Å². The van der Waals surface area contributed by atoms with Gasteiger partial charge in [0.1, 0.15) is 6.54 Å². The zero-order chi connectivity index (χ0) is 12.6. The van der Waals surface area contributed by atoms with Crippen LogP contribution in [-0.4, -0.2) is 42.2 Å². The molecule has 2 fully saturated rings. The normalized spacial score (nSPS) is 29.4. The van der Waals surface area contributed by atoms with Crippen molar-refractivity contribution in [3.63, 3.8) is 0 Å². The lowest BCUT2D eigenvalue weighted by atomic mass is 10.0. The smallest absolute Gasteiger partial charge is 0.329 e. The highest BCUT2D eigenvalue weighted by molar-refractivity contribution is 5.83. The molecule has 2 rings (SSSR count). The molecule has 0 spiro atoms. The Morgan fingerprint density at radius 2 is 2.00 bits per heavy atom. The standard InChI is InChI=1S/C11H17F3N2O/c1-7-4-5-15-9(7)10(17)16(8-2-3-8)6-11(12,13)14/h7-9,15H,2-6H2,1H3. The first-order valence-electron chi connectivity index (χ1n) is 5.99. The summed E-state index contributed by atoms with van der Waals surface area (Å²) < 4.78 is 37.3. The molecule has 0 radical (unpaired) electrons. The summed E-state index contributed by atoms with van der Waals surface area (Å²) in [6.07, 6.45) is -2.06. The number of nitrogens with zero attached hydrogens (tertiary/aromatic N) is 1. The molecule has 2 aliphatic rings. The second-order valence-corrected chi connectivity index (χ2v) is 5.01. The lowest BCUT2D eigenvalue weighted by Crippen LogP contribution is -2.50. The summed E-state index contributed by atoms with van der Waals surface area (Å²) in [5.74, 6) is -0.258. The van der Waals surface area contributed by atoms with Crippen molar-refractivity contribution in [2.75, 3.05) is 13.1 Å². The van der Waals surface area contributed by atoms with Crippen molar-refractivity contribution in [3.05, 3.63) is 0 Å². The second-order valence-electron chi connectivity index (χ2n) is 5.01. The molecule has 98 valence electrons. The molecule has 1 heterocycles. The van der Waals surface area contributed by atoms with Crippen molar-refractivity contribution < 1.29 is 18.0 Å². The molecule has 17 heavy (non-hydrogen) atoms. The Kier molecular flexibility index (Phi) is 3.34. The zero-order valence-electron chi connectivity index (χ0n) is 9.76. The van der Waals surface area contributed by atoms with E-state index in [2.05, 4.69) is 5.32 Å². The van der Waals surface area contributed by atoms with Crippen molar-refractivity contribution in [2.45, 2.75) is 44.4 Å². The van der Waals surface area contributed by atoms with Gasteiger partial charge in [-0.25, -0.2) is 0 Å². The number of hydrogen-bond acceptors (Lipinski definition) is 2. The number of amides is 1. The Balaban J connectivity index is 2.02. The minimum absolute atomic E-state index is 0.122. The van der Waals surface area contributed by atoms with Crippen molar-refractivity contribution in [2.24, 2.45) is 5.92 Å². The quantitative estimate of drug-likeness (QED) is 0.824. The Bertz CT molecular complexity index is 302. The van der Waals surface area contributed by atoms with Gasteiger partial charge in [0.25, 0.3) is 0 Å². The number of carbonyl (C=O) groups excluding carboxylic acids is 1. The highest BCUT2D eigenvalue weighted by atomic mass is 19.4. The number of alkyl halides is 3. The first-order chi connectivity index (χ1) is 7.88. The molecule has 0 bridgehead atoms. The summed E-state index contributed by atoms with van der Waals surface area (Å²) in [5.41, 5.74) is 0. The fourth-order valence-electron chi connectivity index (χ4n) is 2.31. The van der Waals surface area contributed by atoms with Crippen LogP contribution in [0, 0.1) is 5.92 Å². The van der Waals surface area contributed by atoms with Crippen LogP contribution in [0.2, 0.25) is 0 Å². The summed E-state index contributed by atoms with van der Waals surface area (Å²) in [6, 6.07) is -0.628. The maximum atomic E-state index is 12.4. The summed E-state index contributed by atoms with van der Waals surface area (Å²) in [5, 5.41) is 3.00. The average Bonchev–Trinajstić information content (AvgIpc) is 2.96. The van der Waals surface area contributed by atoms with Crippen LogP contribution in [0.4, 0.5) is 13.2 Å². The van der Waals surface area contributed by atoms with Crippen LogP contribution < -0.4 is 5.32 Å². The van der Waals surface area contributed by atoms with E-state index in [1.807, 2.05) is 6.92 Å². The monoisotopic (exact) mass is 250 g/mol. The van der Waals surface area contributed by atoms with E-state index in [1.54, 1.807) is 0 Å². The molecule has 0 aromatic rings. The number of nitrogens with one attached hydrogen (secondary N) is 1. The largest absolute Gasteiger partial charge is 0.406 e. The van der Waals surface area contributed by atoms with Gasteiger partial charge < -0.3 is 10.2 Å². The maximum Gasteiger partial charge on any atom is 0.406 e. The molecule has 1 saturated heterocycles. The van der Waals surface area contributed by atoms with Gasteiger partial charge in [0, 0.05) is 6.04 Å². The third-order valence-electron chi connectivity index (χ3n) is 3.42. The number of hydrogen-bond donors (Lipinski definition) is 1. The highest BCUT2D eigenvalue weighted by Crippen LogP contribution is 2.32. The van der Waals surface area contributed by atoms with Crippen LogP contribution in [0.15, 0.2) is 0 Å². The molecule has 2 unspecified atom stereocenters. The molecule has 3 nitrogen and oxygen atoms in total. The van der Waals surface area contributed by atoms with Crippen molar-refractivity contribution in [1.82, 2.24) is 10.2 Å². The predicted octanol–water partition coefficient (Wildman–Crippen LogP) is 1.54. The fraction of sp³-hybridized carbons (Fsp3) is 0.909. The van der Waals surface area contributed by atoms with E-state index >= 15 is 0 Å². The first-order valence-corrected chi connectivity index (χ1v) is 5.99. The van der Waals surface area contributed by atoms with E-state index < -0.39 is 18.8 Å². The SMILES string of the molecule is CC1CCNC1C(=O)N(CC(F)(F)F)C1CC1. The molecule has 1 amide bonds. The van der Waals surface area contributed by atoms with Gasteiger partial charge in [0.2, 0.25) is 5.91 Å². The average molecular weight is 250 g/mol. The fourth-order valence-corrected chi connectivity index (χ4v) is 2.31. The van der Waals surface area contributed by atoms with Crippen LogP contribution in [0.3, 0.4) is 0 Å². The molecule has 1 aliphatic carbocycles. The number of carbonyl (C=O) groups is 1. The van der Waals surface area contributed by atoms with E-state index in [1.165, 1.54) is 0 Å². The molecule has 6 heteroatoms. The Labute approximate surface area is 98.3 Å². The minimum Gasteiger partial charge on any atom is -0.329 e. The van der Waals surface area contributed by atoms with Crippen LogP contribution in [0.5, 0.6) is 0 Å². The van der Waals surface area contributed by atoms with Crippen LogP contribution in [0.25, 0.3) is 0 Å². The Hall–Kier alpha value is -0.780. The molecular weight excluding hydrogens is 233 g/mol. The zero-order valence-corrected chi connectivity index (χ0v) is 9.76. The first kappa shape index (κ1) is 12.7. The molecule has 1 saturated carbocycles. The van der Waals surface area contributed by atoms with E-state index in [-0.39, 0.29) is 17.9 Å². The van der Waals surface area contributed by atoms with E-state index in [4.69, 9.17) is 0 Å². The second kappa shape index (κ2) is 4.48. The molecule has 1 aliphatic heterocycles. The van der Waals surface area contributed by atoms with Crippen LogP contribution >= 0.6 is 0 Å². The molecule has 0 aromatic carbocycles. The van der Waals surface area contributed by atoms with Gasteiger partial charge in [-0.3, -0.25) is 4.79 Å². The van der Waals surface area contributed by atoms with E-state index in [0.717, 1.165) is 11.3 Å². The van der Waals surface area contributed by atoms with Gasteiger partial charge in [-0.05, 0) is 31.7 Å². The molecule has 0 aromatic heterocycles. The Morgan fingerprint density at radius 3 is 2.41 bits per heavy atom. The molecule has 1 N–H and O–H groups in total. The molecule has 2 atom stereocenters. The van der Waals surface area contributed by atoms with Gasteiger partial charge >= 0.3 is 6.18 Å². The van der Waals surface area contributed by atoms with E-state index in [0.29, 0.717) is 19.4 Å². The lowest BCUT2D eigenvalue weighted by molar-refractivity contribution is -0.164. The summed E-state index contributed by atoms with van der Waals surface area (Å²) in [6.45, 7) is 1.50. The summed E-state index contributed by atoms with van der Waals surface area (Å²) >= 11 is 0. The number of rotatable bonds is 3. The third kappa shape index (κ3) is 3.12. The van der Waals surface area contributed by atoms with Crippen LogP contribution in [-0.2, 0) is 4.79 Å². The van der Waals surface area contributed by atoms with Gasteiger partial charge in [0.15, 0.2) is 0 Å². The van der Waals surface area contributed by atoms with Gasteiger partial charge in [-0.2, -0.15) is 13.2 Å². The van der Waals surface area contributed by atoms with Crippen molar-refractivity contribution in [1.29, 1.82) is 0 Å². The number of halogens is 3. The lowest BCUT2D eigenvalue weighted by Gasteiger charge is -2.28. The summed E-state index contributed by atoms with van der Waals surface area (Å²) in [4.78, 5) is 13.1. The van der Waals surface area contributed by atoms with Crippen molar-refractivity contribution >= 4 is 5.91 Å². The maximum absolute atomic E-state index is 12.4. The van der Waals surface area contributed by atoms with Crippen molar-refractivity contribution in [3.8, 4) is 0 Å². The molecular formula is C11H17F3N2O. The third-order valence-corrected chi connectivity index (χ3v) is 3.42. The minimum atomic E-state index is -4.31.